The van der Waals surface area contributed by atoms with E-state index >= 15 is 0 Å². The molecule has 0 unspecified atom stereocenters. The number of guanidine groups is 1. The van der Waals surface area contributed by atoms with Crippen molar-refractivity contribution in [1.82, 2.24) is 15.6 Å². The van der Waals surface area contributed by atoms with Crippen LogP contribution in [0.2, 0.25) is 0 Å². The molecule has 1 aromatic heterocycles. The van der Waals surface area contributed by atoms with Gasteiger partial charge in [-0.25, -0.2) is 4.99 Å². The predicted octanol–water partition coefficient (Wildman–Crippen LogP) is 2.88. The van der Waals surface area contributed by atoms with Gasteiger partial charge >= 0.3 is 0 Å². The first-order chi connectivity index (χ1) is 9.63. The Labute approximate surface area is 123 Å². The first kappa shape index (κ1) is 16.5. The standard InChI is InChI=1S/C16H28N4/c1-5-17-16(19-11-6-8-13(2)3)20-12-15-14(4)9-7-10-18-15/h7,9-10,13H,5-6,8,11-12H2,1-4H3,(H2,17,19,20). The maximum Gasteiger partial charge on any atom is 0.191 e. The molecule has 0 spiro atoms. The summed E-state index contributed by atoms with van der Waals surface area (Å²) in [6.07, 6.45) is 4.23. The zero-order chi connectivity index (χ0) is 14.8. The minimum absolute atomic E-state index is 0.617. The van der Waals surface area contributed by atoms with E-state index < -0.39 is 0 Å². The average molecular weight is 276 g/mol. The van der Waals surface area contributed by atoms with Gasteiger partial charge in [0, 0.05) is 19.3 Å². The van der Waals surface area contributed by atoms with Crippen LogP contribution in [0, 0.1) is 12.8 Å². The molecule has 2 N–H and O–H groups in total. The van der Waals surface area contributed by atoms with Gasteiger partial charge in [-0.15, -0.1) is 0 Å². The lowest BCUT2D eigenvalue weighted by Gasteiger charge is -2.12. The van der Waals surface area contributed by atoms with Crippen LogP contribution >= 0.6 is 0 Å². The third kappa shape index (κ3) is 6.55. The lowest BCUT2D eigenvalue weighted by molar-refractivity contribution is 0.549. The van der Waals surface area contributed by atoms with E-state index in [2.05, 4.69) is 54.4 Å². The molecule has 0 amide bonds. The van der Waals surface area contributed by atoms with E-state index in [4.69, 9.17) is 0 Å². The average Bonchev–Trinajstić information content (AvgIpc) is 2.42. The monoisotopic (exact) mass is 276 g/mol. The molecule has 0 saturated carbocycles. The van der Waals surface area contributed by atoms with Gasteiger partial charge < -0.3 is 10.6 Å². The van der Waals surface area contributed by atoms with Crippen molar-refractivity contribution in [3.63, 3.8) is 0 Å². The molecule has 0 fully saturated rings. The molecule has 20 heavy (non-hydrogen) atoms. The highest BCUT2D eigenvalue weighted by atomic mass is 15.2. The lowest BCUT2D eigenvalue weighted by atomic mass is 10.1. The Balaban J connectivity index is 2.48. The van der Waals surface area contributed by atoms with Gasteiger partial charge in [-0.3, -0.25) is 4.98 Å². The summed E-state index contributed by atoms with van der Waals surface area (Å²) in [5.74, 6) is 1.63. The molecular formula is C16H28N4. The number of nitrogens with zero attached hydrogens (tertiary/aromatic N) is 2. The van der Waals surface area contributed by atoms with Crippen molar-refractivity contribution >= 4 is 5.96 Å². The number of pyridine rings is 1. The Hall–Kier alpha value is -1.58. The van der Waals surface area contributed by atoms with Gasteiger partial charge in [0.05, 0.1) is 12.2 Å². The highest BCUT2D eigenvalue weighted by Crippen LogP contribution is 2.04. The van der Waals surface area contributed by atoms with Crippen LogP contribution in [-0.2, 0) is 6.54 Å². The highest BCUT2D eigenvalue weighted by molar-refractivity contribution is 5.79. The second-order valence-electron chi connectivity index (χ2n) is 5.43. The van der Waals surface area contributed by atoms with Crippen LogP contribution in [0.3, 0.4) is 0 Å². The van der Waals surface area contributed by atoms with Gasteiger partial charge in [0.15, 0.2) is 5.96 Å². The van der Waals surface area contributed by atoms with E-state index in [1.807, 2.05) is 12.3 Å². The van der Waals surface area contributed by atoms with Gasteiger partial charge in [-0.05, 0) is 44.2 Å². The molecule has 112 valence electrons. The summed E-state index contributed by atoms with van der Waals surface area (Å²) in [6.45, 7) is 11.1. The molecule has 4 nitrogen and oxygen atoms in total. The lowest BCUT2D eigenvalue weighted by Crippen LogP contribution is -2.37. The normalized spacial score (nSPS) is 11.8. The van der Waals surface area contributed by atoms with Crippen LogP contribution in [0.25, 0.3) is 0 Å². The number of aryl methyl sites for hydroxylation is 1. The van der Waals surface area contributed by atoms with Crippen LogP contribution < -0.4 is 10.6 Å². The molecule has 4 heteroatoms. The Morgan fingerprint density at radius 3 is 2.80 bits per heavy atom. The van der Waals surface area contributed by atoms with Crippen LogP contribution in [0.4, 0.5) is 0 Å². The molecule has 0 aliphatic carbocycles. The number of aromatic nitrogens is 1. The summed E-state index contributed by atoms with van der Waals surface area (Å²) in [5.41, 5.74) is 2.22. The predicted molar refractivity (Wildman–Crippen MR) is 85.9 cm³/mol. The second kappa shape index (κ2) is 9.34. The van der Waals surface area contributed by atoms with Crippen LogP contribution in [-0.4, -0.2) is 24.0 Å². The zero-order valence-corrected chi connectivity index (χ0v) is 13.2. The summed E-state index contributed by atoms with van der Waals surface area (Å²) < 4.78 is 0. The third-order valence-corrected chi connectivity index (χ3v) is 3.10. The molecule has 1 heterocycles. The van der Waals surface area contributed by atoms with E-state index in [0.717, 1.165) is 30.7 Å². The fourth-order valence-corrected chi connectivity index (χ4v) is 1.90. The first-order valence-corrected chi connectivity index (χ1v) is 7.56. The molecule has 0 radical (unpaired) electrons. The van der Waals surface area contributed by atoms with Crippen LogP contribution in [0.1, 0.15) is 44.9 Å². The van der Waals surface area contributed by atoms with Gasteiger partial charge in [0.25, 0.3) is 0 Å². The smallest absolute Gasteiger partial charge is 0.191 e. The second-order valence-corrected chi connectivity index (χ2v) is 5.43. The van der Waals surface area contributed by atoms with Gasteiger partial charge in [0.1, 0.15) is 0 Å². The molecule has 1 rings (SSSR count). The van der Waals surface area contributed by atoms with Crippen molar-refractivity contribution in [3.05, 3.63) is 29.6 Å². The zero-order valence-electron chi connectivity index (χ0n) is 13.2. The van der Waals surface area contributed by atoms with Crippen LogP contribution in [0.5, 0.6) is 0 Å². The molecule has 0 atom stereocenters. The largest absolute Gasteiger partial charge is 0.357 e. The summed E-state index contributed by atoms with van der Waals surface area (Å²) in [6, 6.07) is 4.03. The summed E-state index contributed by atoms with van der Waals surface area (Å²) >= 11 is 0. The van der Waals surface area contributed by atoms with Crippen molar-refractivity contribution in [2.45, 2.75) is 47.1 Å². The van der Waals surface area contributed by atoms with E-state index in [1.165, 1.54) is 18.4 Å². The van der Waals surface area contributed by atoms with Crippen LogP contribution in [0.15, 0.2) is 23.3 Å². The first-order valence-electron chi connectivity index (χ1n) is 7.56. The molecule has 0 aromatic carbocycles. The minimum Gasteiger partial charge on any atom is -0.357 e. The Morgan fingerprint density at radius 2 is 2.15 bits per heavy atom. The topological polar surface area (TPSA) is 49.3 Å². The maximum atomic E-state index is 4.59. The van der Waals surface area contributed by atoms with Crippen molar-refractivity contribution in [2.75, 3.05) is 13.1 Å². The van der Waals surface area contributed by atoms with Gasteiger partial charge in [-0.1, -0.05) is 19.9 Å². The van der Waals surface area contributed by atoms with Gasteiger partial charge in [-0.2, -0.15) is 0 Å². The number of nitrogens with one attached hydrogen (secondary N) is 2. The Morgan fingerprint density at radius 1 is 1.35 bits per heavy atom. The summed E-state index contributed by atoms with van der Waals surface area (Å²) in [4.78, 5) is 8.96. The minimum atomic E-state index is 0.617. The van der Waals surface area contributed by atoms with E-state index in [1.54, 1.807) is 0 Å². The van der Waals surface area contributed by atoms with Crippen molar-refractivity contribution in [3.8, 4) is 0 Å². The number of aliphatic imine (C=N–C) groups is 1. The molecule has 0 bridgehead atoms. The summed E-state index contributed by atoms with van der Waals surface area (Å²) in [5, 5.41) is 6.65. The number of rotatable bonds is 7. The quantitative estimate of drug-likeness (QED) is 0.457. The fourth-order valence-electron chi connectivity index (χ4n) is 1.90. The van der Waals surface area contributed by atoms with E-state index in [0.29, 0.717) is 6.54 Å². The number of hydrogen-bond acceptors (Lipinski definition) is 2. The molecule has 0 aliphatic heterocycles. The fraction of sp³-hybridized carbons (Fsp3) is 0.625. The van der Waals surface area contributed by atoms with Gasteiger partial charge in [0.2, 0.25) is 0 Å². The van der Waals surface area contributed by atoms with E-state index in [-0.39, 0.29) is 0 Å². The van der Waals surface area contributed by atoms with Crippen molar-refractivity contribution < 1.29 is 0 Å². The van der Waals surface area contributed by atoms with Crippen molar-refractivity contribution in [1.29, 1.82) is 0 Å². The SMILES string of the molecule is CCNC(=NCc1ncccc1C)NCCCC(C)C. The molecule has 0 aliphatic rings. The molecule has 0 saturated heterocycles. The Bertz CT molecular complexity index is 413. The third-order valence-electron chi connectivity index (χ3n) is 3.10. The summed E-state index contributed by atoms with van der Waals surface area (Å²) in [7, 11) is 0. The molecule has 1 aromatic rings. The van der Waals surface area contributed by atoms with Crippen molar-refractivity contribution in [2.24, 2.45) is 10.9 Å². The maximum absolute atomic E-state index is 4.59. The van der Waals surface area contributed by atoms with E-state index in [9.17, 15) is 0 Å². The Kier molecular flexibility index (Phi) is 7.70. The highest BCUT2D eigenvalue weighted by Gasteiger charge is 2.00. The molecular weight excluding hydrogens is 248 g/mol. The number of hydrogen-bond donors (Lipinski definition) is 2.